The minimum absolute atomic E-state index is 0.0303. The number of hydrogen-bond donors (Lipinski definition) is 0. The van der Waals surface area contributed by atoms with Crippen LogP contribution in [-0.4, -0.2) is 33.0 Å². The molecule has 0 saturated heterocycles. The smallest absolute Gasteiger partial charge is 0.377 e. The molecule has 0 N–H and O–H groups in total. The summed E-state index contributed by atoms with van der Waals surface area (Å²) in [5, 5.41) is 7.74. The highest BCUT2D eigenvalue weighted by Crippen LogP contribution is 2.03. The Balaban J connectivity index is 2.11. The van der Waals surface area contributed by atoms with E-state index >= 15 is 0 Å². The van der Waals surface area contributed by atoms with Crippen LogP contribution >= 0.6 is 0 Å². The summed E-state index contributed by atoms with van der Waals surface area (Å²) in [6.45, 7) is 2.21. The average molecular weight is 222 g/mol. The van der Waals surface area contributed by atoms with Crippen molar-refractivity contribution < 1.29 is 14.1 Å². The van der Waals surface area contributed by atoms with Crippen LogP contribution in [0.2, 0.25) is 0 Å². The van der Waals surface area contributed by atoms with Crippen LogP contribution in [-0.2, 0) is 11.3 Å². The summed E-state index contributed by atoms with van der Waals surface area (Å²) in [6.07, 6.45) is 1.44. The second-order valence-electron chi connectivity index (χ2n) is 3.19. The first-order valence-corrected chi connectivity index (χ1v) is 4.59. The van der Waals surface area contributed by atoms with E-state index in [4.69, 9.17) is 4.52 Å². The van der Waals surface area contributed by atoms with Crippen LogP contribution in [0, 0.1) is 6.92 Å². The lowest BCUT2D eigenvalue weighted by atomic mass is 10.4. The Labute approximate surface area is 91.0 Å². The SMILES string of the molecule is COC(=O)c1ncn(Cc2cc(C)on2)n1. The van der Waals surface area contributed by atoms with E-state index in [9.17, 15) is 4.79 Å². The highest BCUT2D eigenvalue weighted by Gasteiger charge is 2.11. The topological polar surface area (TPSA) is 83.0 Å². The van der Waals surface area contributed by atoms with Gasteiger partial charge in [0.2, 0.25) is 0 Å². The molecule has 0 radical (unpaired) electrons. The van der Waals surface area contributed by atoms with E-state index in [0.717, 1.165) is 11.5 Å². The molecule has 0 amide bonds. The maximum atomic E-state index is 11.1. The van der Waals surface area contributed by atoms with Gasteiger partial charge in [-0.05, 0) is 6.92 Å². The van der Waals surface area contributed by atoms with Gasteiger partial charge in [-0.3, -0.25) is 0 Å². The first kappa shape index (κ1) is 10.3. The van der Waals surface area contributed by atoms with Crippen molar-refractivity contribution in [2.75, 3.05) is 7.11 Å². The number of carbonyl (C=O) groups is 1. The van der Waals surface area contributed by atoms with Crippen molar-refractivity contribution in [3.05, 3.63) is 29.7 Å². The number of esters is 1. The summed E-state index contributed by atoms with van der Waals surface area (Å²) in [7, 11) is 1.28. The minimum atomic E-state index is -0.560. The quantitative estimate of drug-likeness (QED) is 0.699. The van der Waals surface area contributed by atoms with Gasteiger partial charge in [-0.1, -0.05) is 5.16 Å². The predicted molar refractivity (Wildman–Crippen MR) is 51.7 cm³/mol. The molecule has 2 aromatic heterocycles. The number of rotatable bonds is 3. The molecule has 0 aliphatic rings. The van der Waals surface area contributed by atoms with Gasteiger partial charge in [0.05, 0.1) is 13.7 Å². The fourth-order valence-corrected chi connectivity index (χ4v) is 1.21. The summed E-state index contributed by atoms with van der Waals surface area (Å²) in [5.74, 6) is 0.195. The van der Waals surface area contributed by atoms with Gasteiger partial charge in [-0.2, -0.15) is 0 Å². The Kier molecular flexibility index (Phi) is 2.67. The molecule has 0 bridgehead atoms. The predicted octanol–water partition coefficient (Wildman–Crippen LogP) is 0.409. The van der Waals surface area contributed by atoms with Gasteiger partial charge in [0.1, 0.15) is 17.8 Å². The monoisotopic (exact) mass is 222 g/mol. The summed E-state index contributed by atoms with van der Waals surface area (Å²) in [6, 6.07) is 1.79. The number of nitrogens with zero attached hydrogens (tertiary/aromatic N) is 4. The zero-order valence-corrected chi connectivity index (χ0v) is 8.88. The number of methoxy groups -OCH3 is 1. The fraction of sp³-hybridized carbons (Fsp3) is 0.333. The molecule has 84 valence electrons. The molecule has 0 aliphatic carbocycles. The molecule has 2 heterocycles. The van der Waals surface area contributed by atoms with E-state index in [0.29, 0.717) is 6.54 Å². The standard InChI is InChI=1S/C9H10N4O3/c1-6-3-7(12-16-6)4-13-5-10-8(11-13)9(14)15-2/h3,5H,4H2,1-2H3. The molecule has 0 fully saturated rings. The molecule has 0 atom stereocenters. The minimum Gasteiger partial charge on any atom is -0.463 e. The number of ether oxygens (including phenoxy) is 1. The molecule has 2 rings (SSSR count). The van der Waals surface area contributed by atoms with Crippen LogP contribution in [0.5, 0.6) is 0 Å². The zero-order chi connectivity index (χ0) is 11.5. The van der Waals surface area contributed by atoms with Gasteiger partial charge >= 0.3 is 5.97 Å². The first-order chi connectivity index (χ1) is 7.69. The second kappa shape index (κ2) is 4.13. The lowest BCUT2D eigenvalue weighted by Gasteiger charge is -1.94. The maximum Gasteiger partial charge on any atom is 0.377 e. The van der Waals surface area contributed by atoms with Crippen LogP contribution in [0.15, 0.2) is 16.9 Å². The van der Waals surface area contributed by atoms with Gasteiger partial charge in [0.25, 0.3) is 5.82 Å². The van der Waals surface area contributed by atoms with E-state index in [1.54, 1.807) is 13.0 Å². The molecule has 16 heavy (non-hydrogen) atoms. The molecule has 0 unspecified atom stereocenters. The first-order valence-electron chi connectivity index (χ1n) is 4.59. The second-order valence-corrected chi connectivity index (χ2v) is 3.19. The van der Waals surface area contributed by atoms with Gasteiger partial charge in [-0.15, -0.1) is 5.10 Å². The summed E-state index contributed by atoms with van der Waals surface area (Å²) in [5.41, 5.74) is 0.721. The number of hydrogen-bond acceptors (Lipinski definition) is 6. The number of aromatic nitrogens is 4. The van der Waals surface area contributed by atoms with Gasteiger partial charge in [0, 0.05) is 6.07 Å². The Morgan fingerprint density at radius 1 is 1.62 bits per heavy atom. The maximum absolute atomic E-state index is 11.1. The molecule has 0 saturated carbocycles. The molecule has 7 heteroatoms. The van der Waals surface area contributed by atoms with Crippen LogP contribution in [0.3, 0.4) is 0 Å². The molecule has 7 nitrogen and oxygen atoms in total. The largest absolute Gasteiger partial charge is 0.463 e. The Morgan fingerprint density at radius 2 is 2.44 bits per heavy atom. The van der Waals surface area contributed by atoms with Crippen LogP contribution in [0.4, 0.5) is 0 Å². The van der Waals surface area contributed by atoms with Crippen molar-refractivity contribution in [1.29, 1.82) is 0 Å². The number of carbonyl (C=O) groups excluding carboxylic acids is 1. The van der Waals surface area contributed by atoms with Crippen molar-refractivity contribution in [3.63, 3.8) is 0 Å². The van der Waals surface area contributed by atoms with E-state index in [-0.39, 0.29) is 5.82 Å². The molecular weight excluding hydrogens is 212 g/mol. The van der Waals surface area contributed by atoms with Crippen molar-refractivity contribution in [2.24, 2.45) is 0 Å². The Hall–Kier alpha value is -2.18. The summed E-state index contributed by atoms with van der Waals surface area (Å²) in [4.78, 5) is 14.9. The molecular formula is C9H10N4O3. The van der Waals surface area contributed by atoms with E-state index < -0.39 is 5.97 Å². The van der Waals surface area contributed by atoms with E-state index in [2.05, 4.69) is 20.0 Å². The van der Waals surface area contributed by atoms with Crippen LogP contribution in [0.25, 0.3) is 0 Å². The van der Waals surface area contributed by atoms with Crippen molar-refractivity contribution in [2.45, 2.75) is 13.5 Å². The molecule has 0 aliphatic heterocycles. The molecule has 0 spiro atoms. The van der Waals surface area contributed by atoms with E-state index in [1.165, 1.54) is 18.1 Å². The van der Waals surface area contributed by atoms with Gasteiger partial charge < -0.3 is 9.26 Å². The summed E-state index contributed by atoms with van der Waals surface area (Å²) >= 11 is 0. The van der Waals surface area contributed by atoms with Crippen molar-refractivity contribution in [3.8, 4) is 0 Å². The molecule has 2 aromatic rings. The van der Waals surface area contributed by atoms with Crippen LogP contribution in [0.1, 0.15) is 22.1 Å². The fourth-order valence-electron chi connectivity index (χ4n) is 1.21. The van der Waals surface area contributed by atoms with E-state index in [1.807, 2.05) is 0 Å². The van der Waals surface area contributed by atoms with Gasteiger partial charge in [0.15, 0.2) is 0 Å². The highest BCUT2D eigenvalue weighted by molar-refractivity contribution is 5.84. The lowest BCUT2D eigenvalue weighted by molar-refractivity contribution is 0.0586. The van der Waals surface area contributed by atoms with Crippen molar-refractivity contribution in [1.82, 2.24) is 19.9 Å². The van der Waals surface area contributed by atoms with Crippen molar-refractivity contribution >= 4 is 5.97 Å². The summed E-state index contributed by atoms with van der Waals surface area (Å²) < 4.78 is 10.9. The van der Waals surface area contributed by atoms with Gasteiger partial charge in [-0.25, -0.2) is 14.5 Å². The Bertz CT molecular complexity index is 502. The van der Waals surface area contributed by atoms with Crippen LogP contribution < -0.4 is 0 Å². The third-order valence-corrected chi connectivity index (χ3v) is 1.91. The normalized spacial score (nSPS) is 10.4. The zero-order valence-electron chi connectivity index (χ0n) is 8.88. The average Bonchev–Trinajstić information content (AvgIpc) is 2.87. The molecule has 0 aromatic carbocycles. The lowest BCUT2D eigenvalue weighted by Crippen LogP contribution is -2.06. The third kappa shape index (κ3) is 2.08. The third-order valence-electron chi connectivity index (χ3n) is 1.91. The number of aryl methyl sites for hydroxylation is 1. The highest BCUT2D eigenvalue weighted by atomic mass is 16.5. The Morgan fingerprint density at radius 3 is 3.06 bits per heavy atom.